The Kier molecular flexibility index (Phi) is 6.54. The van der Waals surface area contributed by atoms with Crippen molar-refractivity contribution in [1.29, 1.82) is 5.26 Å². The first kappa shape index (κ1) is 19.5. The van der Waals surface area contributed by atoms with E-state index in [1.165, 1.54) is 0 Å². The van der Waals surface area contributed by atoms with E-state index < -0.39 is 0 Å². The maximum Gasteiger partial charge on any atom is 0.253 e. The lowest BCUT2D eigenvalue weighted by atomic mass is 9.86. The third kappa shape index (κ3) is 5.35. The summed E-state index contributed by atoms with van der Waals surface area (Å²) < 4.78 is 0. The summed E-state index contributed by atoms with van der Waals surface area (Å²) in [7, 11) is 0. The van der Waals surface area contributed by atoms with Crippen molar-refractivity contribution in [3.05, 3.63) is 57.8 Å². The van der Waals surface area contributed by atoms with Crippen molar-refractivity contribution in [2.24, 2.45) is 5.92 Å². The van der Waals surface area contributed by atoms with Gasteiger partial charge in [-0.05, 0) is 61.9 Å². The minimum absolute atomic E-state index is 0.153. The van der Waals surface area contributed by atoms with Crippen LogP contribution in [0.2, 0.25) is 10.0 Å². The number of amides is 1. The Labute approximate surface area is 168 Å². The molecule has 0 aliphatic heterocycles. The van der Waals surface area contributed by atoms with E-state index in [0.717, 1.165) is 37.9 Å². The van der Waals surface area contributed by atoms with E-state index in [0.29, 0.717) is 27.2 Å². The summed E-state index contributed by atoms with van der Waals surface area (Å²) in [5, 5.41) is 16.1. The number of hydrogen-bond donors (Lipinski definition) is 2. The number of rotatable bonds is 5. The van der Waals surface area contributed by atoms with Crippen LogP contribution in [0.4, 0.5) is 5.69 Å². The fourth-order valence-electron chi connectivity index (χ4n) is 3.27. The third-order valence-electron chi connectivity index (χ3n) is 4.83. The summed E-state index contributed by atoms with van der Waals surface area (Å²) in [5.41, 5.74) is 1.75. The topological polar surface area (TPSA) is 77.8 Å². The second kappa shape index (κ2) is 9.07. The van der Waals surface area contributed by atoms with E-state index in [1.54, 1.807) is 30.5 Å². The van der Waals surface area contributed by atoms with Crippen LogP contribution < -0.4 is 10.6 Å². The van der Waals surface area contributed by atoms with Gasteiger partial charge >= 0.3 is 0 Å². The van der Waals surface area contributed by atoms with E-state index in [1.807, 2.05) is 12.1 Å². The summed E-state index contributed by atoms with van der Waals surface area (Å²) in [6.07, 6.45) is 5.61. The molecule has 1 aliphatic rings. The van der Waals surface area contributed by atoms with Crippen LogP contribution in [0, 0.1) is 17.2 Å². The molecule has 0 radical (unpaired) electrons. The molecule has 2 aromatic rings. The van der Waals surface area contributed by atoms with Crippen molar-refractivity contribution in [2.75, 3.05) is 11.9 Å². The van der Waals surface area contributed by atoms with E-state index in [-0.39, 0.29) is 11.9 Å². The normalized spacial score (nSPS) is 19.1. The molecule has 0 bridgehead atoms. The van der Waals surface area contributed by atoms with Gasteiger partial charge in [0.1, 0.15) is 11.8 Å². The summed E-state index contributed by atoms with van der Waals surface area (Å²) in [4.78, 5) is 16.5. The second-order valence-electron chi connectivity index (χ2n) is 6.74. The van der Waals surface area contributed by atoms with Gasteiger partial charge in [0.05, 0.1) is 22.5 Å². The van der Waals surface area contributed by atoms with Crippen LogP contribution in [-0.2, 0) is 0 Å². The number of nitriles is 1. The van der Waals surface area contributed by atoms with E-state index in [2.05, 4.69) is 15.6 Å². The molecule has 3 rings (SSSR count). The molecule has 0 atom stereocenters. The highest BCUT2D eigenvalue weighted by Gasteiger charge is 2.23. The summed E-state index contributed by atoms with van der Waals surface area (Å²) >= 11 is 12.1. The van der Waals surface area contributed by atoms with Gasteiger partial charge in [-0.15, -0.1) is 0 Å². The Hall–Kier alpha value is -2.29. The standard InChI is InChI=1S/C20H20Cl2N4O/c21-14-3-8-19(22)18(9-14)20(27)26-15-4-1-13(2-5-15)11-24-17-7-6-16(10-23)25-12-17/h3,6-9,12-13,15,24H,1-2,4-5,11H2,(H,26,27). The molecule has 7 heteroatoms. The van der Waals surface area contributed by atoms with Crippen LogP contribution in [0.3, 0.4) is 0 Å². The number of anilines is 1. The minimum Gasteiger partial charge on any atom is -0.384 e. The first-order valence-electron chi connectivity index (χ1n) is 8.91. The Bertz CT molecular complexity index is 840. The first-order chi connectivity index (χ1) is 13.0. The minimum atomic E-state index is -0.173. The molecule has 27 heavy (non-hydrogen) atoms. The van der Waals surface area contributed by atoms with Gasteiger partial charge in [-0.1, -0.05) is 23.2 Å². The summed E-state index contributed by atoms with van der Waals surface area (Å²) in [6, 6.07) is 10.6. The molecule has 1 aliphatic carbocycles. The highest BCUT2D eigenvalue weighted by atomic mass is 35.5. The van der Waals surface area contributed by atoms with Crippen molar-refractivity contribution in [3.8, 4) is 6.07 Å². The Morgan fingerprint density at radius 3 is 2.63 bits per heavy atom. The zero-order valence-corrected chi connectivity index (χ0v) is 16.2. The van der Waals surface area contributed by atoms with Crippen LogP contribution in [-0.4, -0.2) is 23.5 Å². The van der Waals surface area contributed by atoms with Gasteiger partial charge in [0.2, 0.25) is 0 Å². The van der Waals surface area contributed by atoms with Gasteiger partial charge in [0.25, 0.3) is 5.91 Å². The average molecular weight is 403 g/mol. The fourth-order valence-corrected chi connectivity index (χ4v) is 3.65. The number of nitrogens with one attached hydrogen (secondary N) is 2. The maximum atomic E-state index is 12.4. The van der Waals surface area contributed by atoms with Gasteiger partial charge in [0.15, 0.2) is 0 Å². The average Bonchev–Trinajstić information content (AvgIpc) is 2.69. The quantitative estimate of drug-likeness (QED) is 0.761. The number of hydrogen-bond acceptors (Lipinski definition) is 4. The number of aromatic nitrogens is 1. The van der Waals surface area contributed by atoms with Crippen LogP contribution >= 0.6 is 23.2 Å². The van der Waals surface area contributed by atoms with E-state index in [9.17, 15) is 4.79 Å². The lowest BCUT2D eigenvalue weighted by Crippen LogP contribution is -2.38. The van der Waals surface area contributed by atoms with Gasteiger partial charge in [-0.2, -0.15) is 5.26 Å². The Morgan fingerprint density at radius 2 is 1.96 bits per heavy atom. The number of pyridine rings is 1. The largest absolute Gasteiger partial charge is 0.384 e. The number of benzene rings is 1. The lowest BCUT2D eigenvalue weighted by molar-refractivity contribution is 0.0923. The predicted octanol–water partition coefficient (Wildman–Crippen LogP) is 4.66. The monoisotopic (exact) mass is 402 g/mol. The van der Waals surface area contributed by atoms with Gasteiger partial charge < -0.3 is 10.6 Å². The zero-order valence-electron chi connectivity index (χ0n) is 14.7. The number of carbonyl (C=O) groups is 1. The second-order valence-corrected chi connectivity index (χ2v) is 7.58. The van der Waals surface area contributed by atoms with Gasteiger partial charge in [-0.3, -0.25) is 4.79 Å². The third-order valence-corrected chi connectivity index (χ3v) is 5.39. The van der Waals surface area contributed by atoms with E-state index in [4.69, 9.17) is 28.5 Å². The molecule has 2 N–H and O–H groups in total. The molecule has 0 spiro atoms. The molecule has 1 aromatic heterocycles. The first-order valence-corrected chi connectivity index (χ1v) is 9.66. The predicted molar refractivity (Wildman–Crippen MR) is 107 cm³/mol. The van der Waals surface area contributed by atoms with Crippen molar-refractivity contribution in [1.82, 2.24) is 10.3 Å². The summed E-state index contributed by atoms with van der Waals surface area (Å²) in [6.45, 7) is 0.856. The molecule has 1 amide bonds. The van der Waals surface area contributed by atoms with Crippen molar-refractivity contribution in [2.45, 2.75) is 31.7 Å². The molecular weight excluding hydrogens is 383 g/mol. The maximum absolute atomic E-state index is 12.4. The van der Waals surface area contributed by atoms with Crippen molar-refractivity contribution < 1.29 is 4.79 Å². The number of carbonyl (C=O) groups excluding carboxylic acids is 1. The Balaban J connectivity index is 1.45. The summed E-state index contributed by atoms with van der Waals surface area (Å²) in [5.74, 6) is 0.372. The highest BCUT2D eigenvalue weighted by molar-refractivity contribution is 6.35. The fraction of sp³-hybridized carbons (Fsp3) is 0.350. The van der Waals surface area contributed by atoms with Crippen LogP contribution in [0.25, 0.3) is 0 Å². The molecule has 1 fully saturated rings. The van der Waals surface area contributed by atoms with Crippen molar-refractivity contribution in [3.63, 3.8) is 0 Å². The SMILES string of the molecule is N#Cc1ccc(NCC2CCC(NC(=O)c3cc(Cl)ccc3Cl)CC2)cn1. The Morgan fingerprint density at radius 1 is 1.19 bits per heavy atom. The number of nitrogens with zero attached hydrogens (tertiary/aromatic N) is 2. The smallest absolute Gasteiger partial charge is 0.253 e. The molecule has 5 nitrogen and oxygen atoms in total. The molecule has 0 saturated heterocycles. The molecule has 1 saturated carbocycles. The van der Waals surface area contributed by atoms with Crippen LogP contribution in [0.15, 0.2) is 36.5 Å². The molecule has 140 valence electrons. The lowest BCUT2D eigenvalue weighted by Gasteiger charge is -2.29. The van der Waals surface area contributed by atoms with Crippen LogP contribution in [0.5, 0.6) is 0 Å². The zero-order chi connectivity index (χ0) is 19.2. The molecular formula is C20H20Cl2N4O. The highest BCUT2D eigenvalue weighted by Crippen LogP contribution is 2.26. The van der Waals surface area contributed by atoms with E-state index >= 15 is 0 Å². The van der Waals surface area contributed by atoms with Crippen LogP contribution in [0.1, 0.15) is 41.7 Å². The van der Waals surface area contributed by atoms with Gasteiger partial charge in [-0.25, -0.2) is 4.98 Å². The number of halogens is 2. The molecule has 0 unspecified atom stereocenters. The molecule has 1 aromatic carbocycles. The van der Waals surface area contributed by atoms with Crippen molar-refractivity contribution >= 4 is 34.8 Å². The molecule has 1 heterocycles. The van der Waals surface area contributed by atoms with Gasteiger partial charge in [0, 0.05) is 17.6 Å².